The molecular formula is C15H32N2O2S. The van der Waals surface area contributed by atoms with Gasteiger partial charge < -0.3 is 11.1 Å². The summed E-state index contributed by atoms with van der Waals surface area (Å²) in [6, 6.07) is 0. The minimum absolute atomic E-state index is 0.333. The van der Waals surface area contributed by atoms with Crippen molar-refractivity contribution in [2.45, 2.75) is 57.7 Å². The Bertz CT molecular complexity index is 398. The molecule has 0 aliphatic heterocycles. The van der Waals surface area contributed by atoms with Crippen LogP contribution in [-0.2, 0) is 9.84 Å². The lowest BCUT2D eigenvalue weighted by Crippen LogP contribution is -2.60. The molecule has 0 aromatic heterocycles. The molecule has 0 spiro atoms. The van der Waals surface area contributed by atoms with E-state index in [0.717, 1.165) is 25.8 Å². The molecule has 3 N–H and O–H groups in total. The molecule has 0 radical (unpaired) electrons. The van der Waals surface area contributed by atoms with Crippen LogP contribution in [0, 0.1) is 17.8 Å². The van der Waals surface area contributed by atoms with Crippen LogP contribution in [0.1, 0.15) is 47.0 Å². The van der Waals surface area contributed by atoms with Crippen LogP contribution < -0.4 is 11.1 Å². The fourth-order valence-corrected chi connectivity index (χ4v) is 5.45. The molecule has 0 amide bonds. The van der Waals surface area contributed by atoms with E-state index in [9.17, 15) is 8.42 Å². The molecule has 1 rings (SSSR count). The zero-order valence-electron chi connectivity index (χ0n) is 13.6. The Hall–Kier alpha value is -0.130. The van der Waals surface area contributed by atoms with Gasteiger partial charge in [0.1, 0.15) is 0 Å². The highest BCUT2D eigenvalue weighted by molar-refractivity contribution is 7.91. The quantitative estimate of drug-likeness (QED) is 0.752. The largest absolute Gasteiger partial charge is 0.329 e. The standard InChI is InChI=1S/C15H32N2O2S/c1-11(2)13(12(3)4)9-17-15(10-16)8-6-7-14(15)20(5,18)19/h11-14,17H,6-10,16H2,1-5H3. The van der Waals surface area contributed by atoms with Crippen molar-refractivity contribution in [2.75, 3.05) is 19.3 Å². The second kappa shape index (κ2) is 6.75. The normalized spacial score (nSPS) is 27.9. The van der Waals surface area contributed by atoms with Gasteiger partial charge in [0.2, 0.25) is 0 Å². The van der Waals surface area contributed by atoms with E-state index in [1.54, 1.807) is 0 Å². The van der Waals surface area contributed by atoms with Crippen LogP contribution >= 0.6 is 0 Å². The van der Waals surface area contributed by atoms with E-state index < -0.39 is 15.4 Å². The van der Waals surface area contributed by atoms with Crippen LogP contribution in [0.2, 0.25) is 0 Å². The Morgan fingerprint density at radius 3 is 2.20 bits per heavy atom. The number of hydrogen-bond donors (Lipinski definition) is 2. The highest BCUT2D eigenvalue weighted by Crippen LogP contribution is 2.35. The van der Waals surface area contributed by atoms with Crippen LogP contribution in [0.3, 0.4) is 0 Å². The molecule has 0 heterocycles. The molecule has 0 saturated heterocycles. The molecule has 2 atom stereocenters. The first-order chi connectivity index (χ1) is 9.14. The smallest absolute Gasteiger partial charge is 0.152 e. The Morgan fingerprint density at radius 2 is 1.80 bits per heavy atom. The minimum Gasteiger partial charge on any atom is -0.329 e. The monoisotopic (exact) mass is 304 g/mol. The minimum atomic E-state index is -3.05. The molecule has 2 unspecified atom stereocenters. The molecule has 20 heavy (non-hydrogen) atoms. The first-order valence-electron chi connectivity index (χ1n) is 7.78. The zero-order chi connectivity index (χ0) is 15.6. The molecule has 1 fully saturated rings. The molecule has 1 aliphatic rings. The zero-order valence-corrected chi connectivity index (χ0v) is 14.5. The van der Waals surface area contributed by atoms with E-state index in [4.69, 9.17) is 5.73 Å². The van der Waals surface area contributed by atoms with E-state index in [-0.39, 0.29) is 5.25 Å². The van der Waals surface area contributed by atoms with Crippen molar-refractivity contribution >= 4 is 9.84 Å². The van der Waals surface area contributed by atoms with Gasteiger partial charge in [-0.1, -0.05) is 34.1 Å². The van der Waals surface area contributed by atoms with Crippen LogP contribution in [0.15, 0.2) is 0 Å². The van der Waals surface area contributed by atoms with Gasteiger partial charge >= 0.3 is 0 Å². The first kappa shape index (κ1) is 17.9. The lowest BCUT2D eigenvalue weighted by atomic mass is 9.84. The average Bonchev–Trinajstić information content (AvgIpc) is 2.72. The summed E-state index contributed by atoms with van der Waals surface area (Å²) in [5, 5.41) is 3.23. The molecule has 5 heteroatoms. The van der Waals surface area contributed by atoms with Gasteiger partial charge in [-0.15, -0.1) is 0 Å². The molecule has 0 aromatic rings. The maximum Gasteiger partial charge on any atom is 0.152 e. The van der Waals surface area contributed by atoms with Gasteiger partial charge in [0, 0.05) is 18.3 Å². The summed E-state index contributed by atoms with van der Waals surface area (Å²) in [6.45, 7) is 10.1. The number of nitrogens with two attached hydrogens (primary N) is 1. The Labute approximate surface area is 124 Å². The number of hydrogen-bond acceptors (Lipinski definition) is 4. The van der Waals surface area contributed by atoms with Gasteiger partial charge in [-0.2, -0.15) is 0 Å². The summed E-state index contributed by atoms with van der Waals surface area (Å²) in [4.78, 5) is 0. The fraction of sp³-hybridized carbons (Fsp3) is 1.00. The lowest BCUT2D eigenvalue weighted by Gasteiger charge is -2.37. The van der Waals surface area contributed by atoms with Crippen molar-refractivity contribution in [3.8, 4) is 0 Å². The third-order valence-electron chi connectivity index (χ3n) is 4.99. The SMILES string of the molecule is CC(C)C(CNC1(CN)CCCC1S(C)(=O)=O)C(C)C. The Balaban J connectivity index is 2.85. The van der Waals surface area contributed by atoms with Crippen molar-refractivity contribution in [2.24, 2.45) is 23.5 Å². The van der Waals surface area contributed by atoms with Gasteiger partial charge in [-0.25, -0.2) is 8.42 Å². The van der Waals surface area contributed by atoms with E-state index in [1.165, 1.54) is 6.26 Å². The lowest BCUT2D eigenvalue weighted by molar-refractivity contribution is 0.233. The predicted molar refractivity (Wildman–Crippen MR) is 85.4 cm³/mol. The first-order valence-corrected chi connectivity index (χ1v) is 9.73. The van der Waals surface area contributed by atoms with Crippen LogP contribution in [-0.4, -0.2) is 38.6 Å². The third-order valence-corrected chi connectivity index (χ3v) is 6.71. The molecule has 1 saturated carbocycles. The molecule has 0 bridgehead atoms. The van der Waals surface area contributed by atoms with Crippen molar-refractivity contribution in [3.05, 3.63) is 0 Å². The fourth-order valence-electron chi connectivity index (χ4n) is 3.73. The topological polar surface area (TPSA) is 72.2 Å². The second-order valence-electron chi connectivity index (χ2n) is 7.10. The third kappa shape index (κ3) is 3.95. The average molecular weight is 305 g/mol. The highest BCUT2D eigenvalue weighted by atomic mass is 32.2. The maximum atomic E-state index is 12.0. The van der Waals surface area contributed by atoms with Crippen LogP contribution in [0.4, 0.5) is 0 Å². The van der Waals surface area contributed by atoms with E-state index >= 15 is 0 Å². The van der Waals surface area contributed by atoms with Crippen LogP contribution in [0.25, 0.3) is 0 Å². The van der Waals surface area contributed by atoms with Gasteiger partial charge in [-0.05, 0) is 37.1 Å². The van der Waals surface area contributed by atoms with Crippen molar-refractivity contribution in [1.29, 1.82) is 0 Å². The Kier molecular flexibility index (Phi) is 6.05. The summed E-state index contributed by atoms with van der Waals surface area (Å²) in [7, 11) is -3.05. The van der Waals surface area contributed by atoms with E-state index in [1.807, 2.05) is 0 Å². The summed E-state index contributed by atoms with van der Waals surface area (Å²) in [5.41, 5.74) is 5.55. The van der Waals surface area contributed by atoms with Gasteiger partial charge in [0.05, 0.1) is 5.25 Å². The van der Waals surface area contributed by atoms with Crippen molar-refractivity contribution < 1.29 is 8.42 Å². The summed E-state index contributed by atoms with van der Waals surface area (Å²) >= 11 is 0. The maximum absolute atomic E-state index is 12.0. The number of nitrogens with one attached hydrogen (secondary N) is 1. The second-order valence-corrected chi connectivity index (χ2v) is 9.33. The summed E-state index contributed by atoms with van der Waals surface area (Å²) in [6.07, 6.45) is 3.88. The summed E-state index contributed by atoms with van der Waals surface area (Å²) < 4.78 is 24.0. The molecular weight excluding hydrogens is 272 g/mol. The van der Waals surface area contributed by atoms with Crippen LogP contribution in [0.5, 0.6) is 0 Å². The van der Waals surface area contributed by atoms with E-state index in [0.29, 0.717) is 24.3 Å². The summed E-state index contributed by atoms with van der Waals surface area (Å²) in [5.74, 6) is 1.70. The number of rotatable bonds is 7. The predicted octanol–water partition coefficient (Wildman–Crippen LogP) is 1.80. The van der Waals surface area contributed by atoms with E-state index in [2.05, 4.69) is 33.0 Å². The van der Waals surface area contributed by atoms with Gasteiger partial charge in [0.25, 0.3) is 0 Å². The molecule has 120 valence electrons. The van der Waals surface area contributed by atoms with Gasteiger partial charge in [-0.3, -0.25) is 0 Å². The molecule has 0 aromatic carbocycles. The van der Waals surface area contributed by atoms with Gasteiger partial charge in [0.15, 0.2) is 9.84 Å². The molecule has 4 nitrogen and oxygen atoms in total. The number of sulfone groups is 1. The highest BCUT2D eigenvalue weighted by Gasteiger charge is 2.47. The van der Waals surface area contributed by atoms with Crippen molar-refractivity contribution in [1.82, 2.24) is 5.32 Å². The Morgan fingerprint density at radius 1 is 1.25 bits per heavy atom. The molecule has 1 aliphatic carbocycles. The van der Waals surface area contributed by atoms with Crippen molar-refractivity contribution in [3.63, 3.8) is 0 Å².